The van der Waals surface area contributed by atoms with E-state index in [-0.39, 0.29) is 24.9 Å². The van der Waals surface area contributed by atoms with Crippen molar-refractivity contribution in [3.05, 3.63) is 0 Å². The fraction of sp³-hybridized carbons (Fsp3) is 0.700. The molecule has 0 radical (unpaired) electrons. The van der Waals surface area contributed by atoms with E-state index in [2.05, 4.69) is 15.4 Å². The molecular formula is C10H19N3O4. The normalized spacial score (nSPS) is 9.88. The number of hydrogen-bond donors (Lipinski definition) is 2. The summed E-state index contributed by atoms with van der Waals surface area (Å²) in [4.78, 5) is 34.3. The molecule has 0 aromatic rings. The van der Waals surface area contributed by atoms with Crippen molar-refractivity contribution in [3.8, 4) is 0 Å². The molecule has 0 heterocycles. The highest BCUT2D eigenvalue weighted by Crippen LogP contribution is 1.84. The van der Waals surface area contributed by atoms with Crippen LogP contribution in [-0.2, 0) is 19.1 Å². The third-order valence-electron chi connectivity index (χ3n) is 1.86. The Kier molecular flexibility index (Phi) is 7.70. The van der Waals surface area contributed by atoms with Gasteiger partial charge in [0.05, 0.1) is 20.2 Å². The Labute approximate surface area is 100 Å². The zero-order valence-corrected chi connectivity index (χ0v) is 10.4. The predicted octanol–water partition coefficient (Wildman–Crippen LogP) is -1.66. The van der Waals surface area contributed by atoms with Crippen LogP contribution < -0.4 is 10.6 Å². The lowest BCUT2D eigenvalue weighted by Gasteiger charge is -2.14. The van der Waals surface area contributed by atoms with E-state index in [1.807, 2.05) is 0 Å². The Morgan fingerprint density at radius 3 is 2.24 bits per heavy atom. The summed E-state index contributed by atoms with van der Waals surface area (Å²) in [5.41, 5.74) is 0. The molecule has 0 spiro atoms. The highest BCUT2D eigenvalue weighted by molar-refractivity contribution is 5.79. The van der Waals surface area contributed by atoms with Crippen LogP contribution in [0.5, 0.6) is 0 Å². The molecule has 0 rings (SSSR count). The monoisotopic (exact) mass is 245 g/mol. The number of nitrogens with zero attached hydrogens (tertiary/aromatic N) is 1. The molecule has 0 saturated carbocycles. The van der Waals surface area contributed by atoms with Gasteiger partial charge < -0.3 is 15.4 Å². The van der Waals surface area contributed by atoms with E-state index in [9.17, 15) is 14.4 Å². The first-order valence-corrected chi connectivity index (χ1v) is 5.22. The molecule has 0 unspecified atom stereocenters. The van der Waals surface area contributed by atoms with Crippen LogP contribution in [0.1, 0.15) is 6.92 Å². The first kappa shape index (κ1) is 15.4. The van der Waals surface area contributed by atoms with E-state index < -0.39 is 5.97 Å². The van der Waals surface area contributed by atoms with E-state index in [1.54, 1.807) is 11.9 Å². The Bertz CT molecular complexity index is 281. The number of carbonyl (C=O) groups excluding carboxylic acids is 3. The minimum absolute atomic E-state index is 0.0651. The van der Waals surface area contributed by atoms with Crippen molar-refractivity contribution in [1.29, 1.82) is 0 Å². The number of rotatable bonds is 7. The molecule has 7 heteroatoms. The van der Waals surface area contributed by atoms with Crippen molar-refractivity contribution in [3.63, 3.8) is 0 Å². The maximum absolute atomic E-state index is 11.4. The van der Waals surface area contributed by atoms with Crippen molar-refractivity contribution in [2.75, 3.05) is 40.3 Å². The van der Waals surface area contributed by atoms with Gasteiger partial charge in [0.1, 0.15) is 0 Å². The Morgan fingerprint density at radius 2 is 1.71 bits per heavy atom. The third kappa shape index (κ3) is 9.31. The van der Waals surface area contributed by atoms with Gasteiger partial charge >= 0.3 is 5.97 Å². The van der Waals surface area contributed by atoms with Crippen molar-refractivity contribution in [1.82, 2.24) is 15.5 Å². The van der Waals surface area contributed by atoms with Gasteiger partial charge in [-0.3, -0.25) is 19.3 Å². The maximum atomic E-state index is 11.4. The quantitative estimate of drug-likeness (QED) is 0.414. The van der Waals surface area contributed by atoms with Gasteiger partial charge in [0.2, 0.25) is 11.8 Å². The smallest absolute Gasteiger partial charge is 0.319 e. The average Bonchev–Trinajstić information content (AvgIpc) is 2.23. The van der Waals surface area contributed by atoms with E-state index in [0.717, 1.165) is 0 Å². The highest BCUT2D eigenvalue weighted by atomic mass is 16.5. The topological polar surface area (TPSA) is 87.7 Å². The summed E-state index contributed by atoms with van der Waals surface area (Å²) in [6.07, 6.45) is 0. The second-order valence-electron chi connectivity index (χ2n) is 3.58. The average molecular weight is 245 g/mol. The van der Waals surface area contributed by atoms with Crippen LogP contribution in [0.3, 0.4) is 0 Å². The zero-order valence-electron chi connectivity index (χ0n) is 10.4. The van der Waals surface area contributed by atoms with E-state index >= 15 is 0 Å². The van der Waals surface area contributed by atoms with Crippen molar-refractivity contribution >= 4 is 17.8 Å². The minimum atomic E-state index is -0.390. The van der Waals surface area contributed by atoms with Crippen LogP contribution in [0, 0.1) is 0 Å². The molecule has 0 bridgehead atoms. The zero-order chi connectivity index (χ0) is 13.3. The fourth-order valence-corrected chi connectivity index (χ4v) is 1.08. The number of nitrogens with one attached hydrogen (secondary N) is 2. The van der Waals surface area contributed by atoms with Crippen LogP contribution in [0.4, 0.5) is 0 Å². The van der Waals surface area contributed by atoms with E-state index in [0.29, 0.717) is 13.1 Å². The molecule has 0 aromatic carbocycles. The molecule has 7 nitrogen and oxygen atoms in total. The molecular weight excluding hydrogens is 226 g/mol. The summed E-state index contributed by atoms with van der Waals surface area (Å²) in [7, 11) is 2.94. The van der Waals surface area contributed by atoms with E-state index in [4.69, 9.17) is 0 Å². The summed E-state index contributed by atoms with van der Waals surface area (Å²) in [6, 6.07) is 0. The minimum Gasteiger partial charge on any atom is -0.468 e. The van der Waals surface area contributed by atoms with Gasteiger partial charge in [0.15, 0.2) is 0 Å². The molecule has 0 aliphatic heterocycles. The Balaban J connectivity index is 3.64. The molecule has 0 aliphatic carbocycles. The standard InChI is InChI=1S/C10H19N3O4/c1-8(14)11-4-5-12-9(15)6-13(2)7-10(16)17-3/h4-7H2,1-3H3,(H,11,14)(H,12,15). The van der Waals surface area contributed by atoms with Gasteiger partial charge in [-0.25, -0.2) is 0 Å². The SMILES string of the molecule is COC(=O)CN(C)CC(=O)NCCNC(C)=O. The molecule has 2 N–H and O–H groups in total. The van der Waals surface area contributed by atoms with Gasteiger partial charge in [-0.1, -0.05) is 0 Å². The third-order valence-corrected chi connectivity index (χ3v) is 1.86. The summed E-state index contributed by atoms with van der Waals surface area (Å²) < 4.78 is 4.47. The van der Waals surface area contributed by atoms with Crippen LogP contribution in [0.15, 0.2) is 0 Å². The Morgan fingerprint density at radius 1 is 1.12 bits per heavy atom. The summed E-state index contributed by atoms with van der Waals surface area (Å²) in [5, 5.41) is 5.17. The second-order valence-corrected chi connectivity index (χ2v) is 3.58. The van der Waals surface area contributed by atoms with Gasteiger partial charge in [0, 0.05) is 20.0 Å². The van der Waals surface area contributed by atoms with E-state index in [1.165, 1.54) is 14.0 Å². The van der Waals surface area contributed by atoms with Crippen LogP contribution in [0.2, 0.25) is 0 Å². The van der Waals surface area contributed by atoms with Crippen LogP contribution in [-0.4, -0.2) is 63.0 Å². The largest absolute Gasteiger partial charge is 0.468 e. The lowest BCUT2D eigenvalue weighted by atomic mass is 10.4. The lowest BCUT2D eigenvalue weighted by molar-refractivity contribution is -0.141. The van der Waals surface area contributed by atoms with Gasteiger partial charge in [-0.2, -0.15) is 0 Å². The number of hydrogen-bond acceptors (Lipinski definition) is 5. The first-order valence-electron chi connectivity index (χ1n) is 5.22. The molecule has 0 aromatic heterocycles. The van der Waals surface area contributed by atoms with Crippen LogP contribution in [0.25, 0.3) is 0 Å². The van der Waals surface area contributed by atoms with Gasteiger partial charge in [-0.15, -0.1) is 0 Å². The summed E-state index contributed by atoms with van der Waals surface area (Å²) >= 11 is 0. The highest BCUT2D eigenvalue weighted by Gasteiger charge is 2.09. The molecule has 0 atom stereocenters. The number of likely N-dealkylation sites (N-methyl/N-ethyl adjacent to an activating group) is 1. The molecule has 0 saturated heterocycles. The molecule has 17 heavy (non-hydrogen) atoms. The maximum Gasteiger partial charge on any atom is 0.319 e. The number of esters is 1. The second kappa shape index (κ2) is 8.51. The summed E-state index contributed by atoms with van der Waals surface area (Å²) in [6.45, 7) is 2.34. The number of carbonyl (C=O) groups is 3. The van der Waals surface area contributed by atoms with Crippen molar-refractivity contribution in [2.45, 2.75) is 6.92 Å². The molecule has 98 valence electrons. The predicted molar refractivity (Wildman–Crippen MR) is 61.2 cm³/mol. The van der Waals surface area contributed by atoms with Crippen molar-refractivity contribution in [2.24, 2.45) is 0 Å². The molecule has 2 amide bonds. The molecule has 0 fully saturated rings. The van der Waals surface area contributed by atoms with Crippen molar-refractivity contribution < 1.29 is 19.1 Å². The summed E-state index contributed by atoms with van der Waals surface area (Å²) in [5.74, 6) is -0.734. The number of ether oxygens (including phenoxy) is 1. The molecule has 0 aliphatic rings. The fourth-order valence-electron chi connectivity index (χ4n) is 1.08. The number of methoxy groups -OCH3 is 1. The van der Waals surface area contributed by atoms with Gasteiger partial charge in [0.25, 0.3) is 0 Å². The Hall–Kier alpha value is -1.63. The number of amides is 2. The van der Waals surface area contributed by atoms with Crippen LogP contribution >= 0.6 is 0 Å². The van der Waals surface area contributed by atoms with Gasteiger partial charge in [-0.05, 0) is 7.05 Å². The lowest BCUT2D eigenvalue weighted by Crippen LogP contribution is -2.40. The first-order chi connectivity index (χ1) is 7.95.